The van der Waals surface area contributed by atoms with Crippen molar-refractivity contribution in [2.75, 3.05) is 25.5 Å². The average Bonchev–Trinajstić information content (AvgIpc) is 3.62. The molecule has 0 aliphatic carbocycles. The number of nitrogens with one attached hydrogen (secondary N) is 3. The standard InChI is InChI=1S/C31H27FN8O/c1-40-11-9-18(10-12-40)31(41)35-21-13-19(15-33-17-21)20-14-24-28(38-39-29(24)34-16-20)30-36-26-8-4-6-23(27(26)37-30)22-5-2-3-7-25(22)32/h2-8,13-18H,9-12H2,1H3,(H,35,41)(H,36,37)(H,34,38,39). The summed E-state index contributed by atoms with van der Waals surface area (Å²) in [6.07, 6.45) is 6.84. The molecule has 0 radical (unpaired) electrons. The van der Waals surface area contributed by atoms with Gasteiger partial charge in [-0.25, -0.2) is 14.4 Å². The maximum atomic E-state index is 14.6. The van der Waals surface area contributed by atoms with Crippen LogP contribution in [0.3, 0.4) is 0 Å². The van der Waals surface area contributed by atoms with Crippen molar-refractivity contribution in [2.24, 2.45) is 5.92 Å². The van der Waals surface area contributed by atoms with E-state index >= 15 is 0 Å². The number of likely N-dealkylation sites (tertiary alicyclic amines) is 1. The number of para-hydroxylation sites is 1. The van der Waals surface area contributed by atoms with Crippen LogP contribution in [0.25, 0.3) is 55.8 Å². The molecule has 1 saturated heterocycles. The second kappa shape index (κ2) is 10.2. The number of anilines is 1. The minimum Gasteiger partial charge on any atom is -0.337 e. The first-order valence-corrected chi connectivity index (χ1v) is 13.6. The molecule has 0 atom stereocenters. The number of nitrogens with zero attached hydrogens (tertiary/aromatic N) is 5. The Kier molecular flexibility index (Phi) is 6.24. The van der Waals surface area contributed by atoms with Gasteiger partial charge in [0.1, 0.15) is 11.5 Å². The second-order valence-electron chi connectivity index (χ2n) is 10.5. The molecule has 0 saturated carbocycles. The van der Waals surface area contributed by atoms with E-state index in [1.165, 1.54) is 6.07 Å². The third-order valence-electron chi connectivity index (χ3n) is 7.75. The van der Waals surface area contributed by atoms with Crippen LogP contribution >= 0.6 is 0 Å². The molecule has 5 heterocycles. The van der Waals surface area contributed by atoms with Gasteiger partial charge in [-0.3, -0.25) is 14.9 Å². The first-order chi connectivity index (χ1) is 20.0. The predicted molar refractivity (Wildman–Crippen MR) is 156 cm³/mol. The molecule has 10 heteroatoms. The van der Waals surface area contributed by atoms with E-state index in [2.05, 4.69) is 42.4 Å². The quantitative estimate of drug-likeness (QED) is 0.257. The Morgan fingerprint density at radius 1 is 1.00 bits per heavy atom. The number of amides is 1. The zero-order valence-corrected chi connectivity index (χ0v) is 22.4. The maximum Gasteiger partial charge on any atom is 0.227 e. The summed E-state index contributed by atoms with van der Waals surface area (Å²) in [6.45, 7) is 1.84. The topological polar surface area (TPSA) is 115 Å². The van der Waals surface area contributed by atoms with Crippen LogP contribution in [0.5, 0.6) is 0 Å². The number of imidazole rings is 1. The summed E-state index contributed by atoms with van der Waals surface area (Å²) < 4.78 is 14.6. The zero-order valence-electron chi connectivity index (χ0n) is 22.4. The highest BCUT2D eigenvalue weighted by atomic mass is 19.1. The Hall–Kier alpha value is -4.96. The molecular weight excluding hydrogens is 519 g/mol. The zero-order chi connectivity index (χ0) is 27.9. The molecule has 1 aliphatic heterocycles. The fourth-order valence-corrected chi connectivity index (χ4v) is 5.47. The summed E-state index contributed by atoms with van der Waals surface area (Å²) >= 11 is 0. The van der Waals surface area contributed by atoms with Gasteiger partial charge in [0, 0.05) is 40.6 Å². The fraction of sp³-hybridized carbons (Fsp3) is 0.194. The van der Waals surface area contributed by atoms with Crippen molar-refractivity contribution in [1.29, 1.82) is 0 Å². The summed E-state index contributed by atoms with van der Waals surface area (Å²) in [6, 6.07) is 16.2. The van der Waals surface area contributed by atoms with Crippen molar-refractivity contribution in [1.82, 2.24) is 35.0 Å². The van der Waals surface area contributed by atoms with Gasteiger partial charge >= 0.3 is 0 Å². The number of aromatic amines is 2. The van der Waals surface area contributed by atoms with Crippen LogP contribution in [0.2, 0.25) is 0 Å². The van der Waals surface area contributed by atoms with E-state index in [0.29, 0.717) is 39.5 Å². The van der Waals surface area contributed by atoms with Gasteiger partial charge in [0.05, 0.1) is 28.3 Å². The highest BCUT2D eigenvalue weighted by Gasteiger charge is 2.23. The highest BCUT2D eigenvalue weighted by Crippen LogP contribution is 2.33. The van der Waals surface area contributed by atoms with Gasteiger partial charge in [-0.15, -0.1) is 0 Å². The Labute approximate surface area is 234 Å². The summed E-state index contributed by atoms with van der Waals surface area (Å²) in [7, 11) is 2.08. The van der Waals surface area contributed by atoms with Crippen LogP contribution in [-0.2, 0) is 4.79 Å². The van der Waals surface area contributed by atoms with Gasteiger partial charge < -0.3 is 15.2 Å². The van der Waals surface area contributed by atoms with Crippen LogP contribution in [0, 0.1) is 11.7 Å². The molecule has 6 aromatic rings. The maximum absolute atomic E-state index is 14.6. The van der Waals surface area contributed by atoms with Crippen molar-refractivity contribution in [3.05, 3.63) is 79.0 Å². The molecule has 0 spiro atoms. The van der Waals surface area contributed by atoms with Crippen molar-refractivity contribution < 1.29 is 9.18 Å². The van der Waals surface area contributed by atoms with E-state index in [-0.39, 0.29) is 17.6 Å². The van der Waals surface area contributed by atoms with Gasteiger partial charge in [0.2, 0.25) is 5.91 Å². The lowest BCUT2D eigenvalue weighted by Gasteiger charge is -2.28. The van der Waals surface area contributed by atoms with Crippen LogP contribution in [0.15, 0.2) is 73.2 Å². The first-order valence-electron chi connectivity index (χ1n) is 13.6. The van der Waals surface area contributed by atoms with Gasteiger partial charge in [-0.2, -0.15) is 5.10 Å². The van der Waals surface area contributed by atoms with E-state index < -0.39 is 0 Å². The lowest BCUT2D eigenvalue weighted by molar-refractivity contribution is -0.121. The Morgan fingerprint density at radius 3 is 2.66 bits per heavy atom. The fourth-order valence-electron chi connectivity index (χ4n) is 5.47. The first kappa shape index (κ1) is 25.0. The molecule has 0 bridgehead atoms. The number of rotatable bonds is 5. The number of carbonyl (C=O) groups is 1. The Morgan fingerprint density at radius 2 is 1.80 bits per heavy atom. The molecule has 2 aromatic carbocycles. The number of piperidine rings is 1. The monoisotopic (exact) mass is 546 g/mol. The average molecular weight is 547 g/mol. The highest BCUT2D eigenvalue weighted by molar-refractivity contribution is 5.98. The molecule has 204 valence electrons. The molecule has 3 N–H and O–H groups in total. The molecule has 1 aliphatic rings. The van der Waals surface area contributed by atoms with Crippen LogP contribution in [-0.4, -0.2) is 61.1 Å². The van der Waals surface area contributed by atoms with Gasteiger partial charge in [0.15, 0.2) is 11.5 Å². The van der Waals surface area contributed by atoms with E-state index in [0.717, 1.165) is 48.0 Å². The molecular formula is C31H27FN8O. The molecule has 4 aromatic heterocycles. The summed E-state index contributed by atoms with van der Waals surface area (Å²) in [4.78, 5) is 32.2. The third kappa shape index (κ3) is 4.72. The lowest BCUT2D eigenvalue weighted by atomic mass is 9.96. The van der Waals surface area contributed by atoms with Gasteiger partial charge in [0.25, 0.3) is 0 Å². The van der Waals surface area contributed by atoms with Crippen molar-refractivity contribution in [3.63, 3.8) is 0 Å². The summed E-state index contributed by atoms with van der Waals surface area (Å²) in [5.74, 6) is 0.303. The van der Waals surface area contributed by atoms with Crippen molar-refractivity contribution in [2.45, 2.75) is 12.8 Å². The molecule has 1 fully saturated rings. The molecule has 41 heavy (non-hydrogen) atoms. The molecule has 7 rings (SSSR count). The lowest BCUT2D eigenvalue weighted by Crippen LogP contribution is -2.35. The molecule has 9 nitrogen and oxygen atoms in total. The SMILES string of the molecule is CN1CCC(C(=O)Nc2cncc(-c3cnc4n[nH]c(-c5nc6c(-c7ccccc7F)cccc6[nH]5)c4c3)c2)CC1. The summed E-state index contributed by atoms with van der Waals surface area (Å²) in [5.41, 5.74) is 6.15. The second-order valence-corrected chi connectivity index (χ2v) is 10.5. The number of halogens is 1. The third-order valence-corrected chi connectivity index (χ3v) is 7.75. The predicted octanol–water partition coefficient (Wildman–Crippen LogP) is 5.65. The normalized spacial score (nSPS) is 14.6. The Balaban J connectivity index is 1.21. The number of pyridine rings is 2. The van der Waals surface area contributed by atoms with Crippen LogP contribution < -0.4 is 5.32 Å². The van der Waals surface area contributed by atoms with Crippen LogP contribution in [0.1, 0.15) is 12.8 Å². The van der Waals surface area contributed by atoms with E-state index in [1.807, 2.05) is 36.4 Å². The minimum absolute atomic E-state index is 0.00377. The van der Waals surface area contributed by atoms with Gasteiger partial charge in [-0.1, -0.05) is 30.3 Å². The Bertz CT molecular complexity index is 1900. The number of carbonyl (C=O) groups excluding carboxylic acids is 1. The van der Waals surface area contributed by atoms with Crippen molar-refractivity contribution in [3.8, 4) is 33.8 Å². The number of hydrogen-bond donors (Lipinski definition) is 3. The van der Waals surface area contributed by atoms with E-state index in [4.69, 9.17) is 4.98 Å². The number of aromatic nitrogens is 6. The van der Waals surface area contributed by atoms with E-state index in [9.17, 15) is 9.18 Å². The van der Waals surface area contributed by atoms with E-state index in [1.54, 1.807) is 30.7 Å². The number of fused-ring (bicyclic) bond motifs is 2. The van der Waals surface area contributed by atoms with Crippen LogP contribution in [0.4, 0.5) is 10.1 Å². The van der Waals surface area contributed by atoms with Gasteiger partial charge in [-0.05, 0) is 57.2 Å². The number of H-pyrrole nitrogens is 2. The number of hydrogen-bond acceptors (Lipinski definition) is 6. The largest absolute Gasteiger partial charge is 0.337 e. The van der Waals surface area contributed by atoms with Crippen molar-refractivity contribution >= 4 is 33.7 Å². The summed E-state index contributed by atoms with van der Waals surface area (Å²) in [5, 5.41) is 11.3. The molecule has 0 unspecified atom stereocenters. The molecule has 1 amide bonds. The number of benzene rings is 2. The minimum atomic E-state index is -0.302. The smallest absolute Gasteiger partial charge is 0.227 e.